The van der Waals surface area contributed by atoms with Gasteiger partial charge in [0.05, 0.1) is 41.5 Å². The average molecular weight is 1010 g/mol. The van der Waals surface area contributed by atoms with Gasteiger partial charge < -0.3 is 60.3 Å². The van der Waals surface area contributed by atoms with Gasteiger partial charge in [-0.2, -0.15) is 29.9 Å². The third-order valence-corrected chi connectivity index (χ3v) is 10.5. The molecule has 34 heteroatoms. The summed E-state index contributed by atoms with van der Waals surface area (Å²) in [5.41, 5.74) is -0.545. The van der Waals surface area contributed by atoms with E-state index < -0.39 is 61.8 Å². The van der Waals surface area contributed by atoms with Crippen molar-refractivity contribution in [3.05, 3.63) is 47.5 Å². The minimum atomic E-state index is -5.22. The average Bonchev–Trinajstić information content (AvgIpc) is 3.13. The Morgan fingerprint density at radius 3 is 1.05 bits per heavy atom. The summed E-state index contributed by atoms with van der Waals surface area (Å²) in [6.45, 7) is -0.672. The first-order valence-electron chi connectivity index (χ1n) is 17.1. The van der Waals surface area contributed by atoms with Crippen LogP contribution in [-0.4, -0.2) is 143 Å². The van der Waals surface area contributed by atoms with Gasteiger partial charge in [0.15, 0.2) is 0 Å². The number of nitrogens with one attached hydrogen (secondary N) is 6. The smallest absolute Gasteiger partial charge is 0.748 e. The predicted octanol–water partition coefficient (Wildman–Crippen LogP) is -13.0. The molecule has 0 saturated heterocycles. The summed E-state index contributed by atoms with van der Waals surface area (Å²) in [6, 6.07) is 6.80. The normalized spacial score (nSPS) is 11.5. The van der Waals surface area contributed by atoms with Crippen LogP contribution < -0.4 is 150 Å². The summed E-state index contributed by atoms with van der Waals surface area (Å²) in [4.78, 5) is 22.9. The Labute approximate surface area is 457 Å². The summed E-state index contributed by atoms with van der Waals surface area (Å²) in [6.07, 6.45) is 2.73. The molecule has 0 radical (unpaired) electrons. The van der Waals surface area contributed by atoms with E-state index in [9.17, 15) is 51.9 Å². The van der Waals surface area contributed by atoms with Gasteiger partial charge in [-0.1, -0.05) is 24.3 Å². The van der Waals surface area contributed by atoms with Crippen molar-refractivity contribution in [1.82, 2.24) is 29.9 Å². The third kappa shape index (κ3) is 22.6. The Kier molecular flexibility index (Phi) is 28.1. The third-order valence-electron chi connectivity index (χ3n) is 7.30. The van der Waals surface area contributed by atoms with Gasteiger partial charge >= 0.3 is 118 Å². The Morgan fingerprint density at radius 2 is 0.766 bits per heavy atom. The van der Waals surface area contributed by atoms with Crippen LogP contribution in [-0.2, 0) is 40.5 Å². The molecule has 0 atom stereocenters. The fourth-order valence-corrected chi connectivity index (χ4v) is 6.78. The number of rotatable bonds is 24. The van der Waals surface area contributed by atoms with E-state index >= 15 is 0 Å². The molecule has 0 aliphatic heterocycles. The second kappa shape index (κ2) is 28.8. The van der Waals surface area contributed by atoms with E-state index in [0.717, 1.165) is 24.3 Å². The second-order valence-electron chi connectivity index (χ2n) is 12.0. The number of benzene rings is 2. The molecule has 0 bridgehead atoms. The molecule has 328 valence electrons. The molecule has 4 aromatic rings. The number of anilines is 8. The molecular weight excluding hydrogens is 973 g/mol. The van der Waals surface area contributed by atoms with Gasteiger partial charge in [0, 0.05) is 50.8 Å². The molecule has 4 rings (SSSR count). The summed E-state index contributed by atoms with van der Waals surface area (Å²) >= 11 is 0. The van der Waals surface area contributed by atoms with Crippen molar-refractivity contribution in [3.63, 3.8) is 0 Å². The van der Waals surface area contributed by atoms with Crippen LogP contribution in [0.25, 0.3) is 12.2 Å². The number of hydrogen-bond donors (Lipinski definition) is 8. The van der Waals surface area contributed by atoms with Crippen molar-refractivity contribution >= 4 is 99.7 Å². The number of hydrogen-bond acceptors (Lipinski definition) is 26. The van der Waals surface area contributed by atoms with Crippen LogP contribution in [0.1, 0.15) is 24.0 Å². The van der Waals surface area contributed by atoms with Crippen LogP contribution in [0.5, 0.6) is 0 Å². The minimum absolute atomic E-state index is 0. The van der Waals surface area contributed by atoms with Crippen LogP contribution in [0, 0.1) is 0 Å². The van der Waals surface area contributed by atoms with Gasteiger partial charge in [-0.3, -0.25) is 0 Å². The number of nitrogens with zero attached hydrogens (tertiary/aromatic N) is 6. The Hall–Kier alpha value is -1.44. The Morgan fingerprint density at radius 1 is 0.469 bits per heavy atom. The van der Waals surface area contributed by atoms with E-state index in [2.05, 4.69) is 61.8 Å². The molecule has 0 fully saturated rings. The van der Waals surface area contributed by atoms with Crippen molar-refractivity contribution in [2.24, 2.45) is 0 Å². The second-order valence-corrected chi connectivity index (χ2v) is 17.7. The van der Waals surface area contributed by atoms with Crippen LogP contribution in [0.2, 0.25) is 0 Å². The van der Waals surface area contributed by atoms with Gasteiger partial charge in [0.2, 0.25) is 35.7 Å². The van der Waals surface area contributed by atoms with Gasteiger partial charge in [-0.25, -0.2) is 33.7 Å². The molecule has 0 saturated carbocycles. The van der Waals surface area contributed by atoms with Crippen molar-refractivity contribution < 1.29 is 180 Å². The molecule has 64 heavy (non-hydrogen) atoms. The van der Waals surface area contributed by atoms with Crippen LogP contribution in [0.15, 0.2) is 46.2 Å². The van der Waals surface area contributed by atoms with Gasteiger partial charge in [-0.15, -0.1) is 0 Å². The molecule has 8 N–H and O–H groups in total. The maximum Gasteiger partial charge on any atom is 1.00 e. The zero-order chi connectivity index (χ0) is 44.1. The molecule has 0 amide bonds. The first kappa shape index (κ1) is 62.6. The molecule has 2 heterocycles. The maximum atomic E-state index is 12.4. The summed E-state index contributed by atoms with van der Waals surface area (Å²) in [5.74, 6) is -2.56. The fourth-order valence-electron chi connectivity index (χ4n) is 4.68. The molecule has 0 aliphatic carbocycles. The van der Waals surface area contributed by atoms with E-state index in [0.29, 0.717) is 12.8 Å². The number of aromatic nitrogens is 6. The van der Waals surface area contributed by atoms with Crippen molar-refractivity contribution in [3.8, 4) is 0 Å². The van der Waals surface area contributed by atoms with Crippen molar-refractivity contribution in [2.45, 2.75) is 22.6 Å². The summed E-state index contributed by atoms with van der Waals surface area (Å²) < 4.78 is 140. The minimum Gasteiger partial charge on any atom is -0.748 e. The molecule has 26 nitrogen and oxygen atoms in total. The summed E-state index contributed by atoms with van der Waals surface area (Å²) in [7, 11) is -19.6. The topological polar surface area (TPSA) is 419 Å². The SMILES string of the molecule is O=S(=O)([O-])CCNc1nc(NCCCO)nc(Nc2ccc(C=Cc3ccc(Nc4nc(NCCCO)nc(NCCS(=O)(=O)[O-])n4)cc3S(=O)(=O)[O-])c(S(=O)(=O)[O-])c2)n1.[Na+].[Na+].[Na+].[Na+]. The zero-order valence-corrected chi connectivity index (χ0v) is 46.1. The quantitative estimate of drug-likeness (QED) is 0.0140. The Balaban J connectivity index is 0.00000992. The number of aliphatic hydroxyl groups excluding tert-OH is 2. The standard InChI is InChI=1S/C30H40N12O14S4.4Na/c43-13-1-9-31-25-37-27(33-11-15-57(45,46)47)41-29(39-25)35-21-7-5-19(23(17-21)59(51,52)53)3-4-20-6-8-22(18-24(20)60(54,55)56)36-30-40-26(32-10-2-14-44)38-28(42-30)34-12-16-58(48,49)50;;;;/h3-8,17-18,43-44H,1-2,9-16H2,(H,45,46,47)(H,48,49,50)(H,51,52,53)(H,54,55,56)(H3,31,33,35,37,39,41)(H3,32,34,36,38,40,42);;;;/q;4*+1/p-4. The molecular formula is C30H36N12Na4O14S4. The first-order valence-corrected chi connectivity index (χ1v) is 23.1. The van der Waals surface area contributed by atoms with E-state index in [1.54, 1.807) is 0 Å². The number of aliphatic hydroxyl groups is 2. The molecule has 0 unspecified atom stereocenters. The van der Waals surface area contributed by atoms with E-state index in [4.69, 9.17) is 10.2 Å². The van der Waals surface area contributed by atoms with Gasteiger partial charge in [-0.05, 0) is 48.2 Å². The molecule has 0 aliphatic rings. The first-order chi connectivity index (χ1) is 28.1. The van der Waals surface area contributed by atoms with Crippen molar-refractivity contribution in [2.75, 3.05) is 82.8 Å². The van der Waals surface area contributed by atoms with Gasteiger partial charge in [0.25, 0.3) is 0 Å². The van der Waals surface area contributed by atoms with E-state index in [1.807, 2.05) is 0 Å². The zero-order valence-electron chi connectivity index (χ0n) is 34.8. The Bertz CT molecular complexity index is 2460. The van der Waals surface area contributed by atoms with E-state index in [-0.39, 0.29) is 216 Å². The van der Waals surface area contributed by atoms with Gasteiger partial charge in [0.1, 0.15) is 20.2 Å². The monoisotopic (exact) mass is 1010 g/mol. The van der Waals surface area contributed by atoms with E-state index in [1.165, 1.54) is 24.3 Å². The predicted molar refractivity (Wildman–Crippen MR) is 210 cm³/mol. The fraction of sp³-hybridized carbons (Fsp3) is 0.333. The molecule has 2 aromatic heterocycles. The summed E-state index contributed by atoms with van der Waals surface area (Å²) in [5, 5.41) is 34.2. The molecule has 2 aromatic carbocycles. The van der Waals surface area contributed by atoms with Crippen LogP contribution in [0.4, 0.5) is 47.1 Å². The van der Waals surface area contributed by atoms with Crippen molar-refractivity contribution in [1.29, 1.82) is 0 Å². The largest absolute Gasteiger partial charge is 1.00 e. The maximum absolute atomic E-state index is 12.4. The van der Waals surface area contributed by atoms with Crippen LogP contribution in [0.3, 0.4) is 0 Å². The molecule has 0 spiro atoms. The van der Waals surface area contributed by atoms with Crippen LogP contribution >= 0.6 is 0 Å².